The lowest BCUT2D eigenvalue weighted by atomic mass is 9.84. The Kier molecular flexibility index (Phi) is 4.95. The van der Waals surface area contributed by atoms with E-state index in [-0.39, 0.29) is 11.3 Å². The first-order chi connectivity index (χ1) is 7.84. The van der Waals surface area contributed by atoms with E-state index in [0.29, 0.717) is 18.6 Å². The Labute approximate surface area is 105 Å². The number of rotatable bonds is 3. The van der Waals surface area contributed by atoms with Gasteiger partial charge in [-0.15, -0.1) is 0 Å². The standard InChI is InChI=1S/C13H27N3O/c1-10(17)15-11-5-7-16(8-6-11)12(9-14)13(2,3)4/h11-12H,5-9,14H2,1-4H3,(H,15,17). The summed E-state index contributed by atoms with van der Waals surface area (Å²) in [5.74, 6) is 0.0784. The Morgan fingerprint density at radius 3 is 2.29 bits per heavy atom. The summed E-state index contributed by atoms with van der Waals surface area (Å²) in [4.78, 5) is 13.5. The molecular formula is C13H27N3O. The lowest BCUT2D eigenvalue weighted by Crippen LogP contribution is -2.54. The van der Waals surface area contributed by atoms with Crippen LogP contribution in [-0.2, 0) is 4.79 Å². The first-order valence-corrected chi connectivity index (χ1v) is 6.56. The Morgan fingerprint density at radius 2 is 1.94 bits per heavy atom. The van der Waals surface area contributed by atoms with Crippen LogP contribution in [0.5, 0.6) is 0 Å². The number of likely N-dealkylation sites (tertiary alicyclic amines) is 1. The van der Waals surface area contributed by atoms with Gasteiger partial charge in [-0.25, -0.2) is 0 Å². The van der Waals surface area contributed by atoms with Crippen LogP contribution in [0.1, 0.15) is 40.5 Å². The third-order valence-electron chi connectivity index (χ3n) is 3.60. The minimum Gasteiger partial charge on any atom is -0.354 e. The molecule has 4 nitrogen and oxygen atoms in total. The Morgan fingerprint density at radius 1 is 1.41 bits per heavy atom. The van der Waals surface area contributed by atoms with Crippen LogP contribution in [-0.4, -0.2) is 42.5 Å². The van der Waals surface area contributed by atoms with Crippen LogP contribution < -0.4 is 11.1 Å². The van der Waals surface area contributed by atoms with E-state index >= 15 is 0 Å². The minimum atomic E-state index is 0.0784. The fraction of sp³-hybridized carbons (Fsp3) is 0.923. The van der Waals surface area contributed by atoms with E-state index in [9.17, 15) is 4.79 Å². The highest BCUT2D eigenvalue weighted by molar-refractivity contribution is 5.73. The smallest absolute Gasteiger partial charge is 0.217 e. The van der Waals surface area contributed by atoms with Gasteiger partial charge in [0.2, 0.25) is 5.91 Å². The topological polar surface area (TPSA) is 58.4 Å². The predicted molar refractivity (Wildman–Crippen MR) is 70.7 cm³/mol. The summed E-state index contributed by atoms with van der Waals surface area (Å²) < 4.78 is 0. The number of hydrogen-bond acceptors (Lipinski definition) is 3. The number of nitrogens with two attached hydrogens (primary N) is 1. The second-order valence-corrected chi connectivity index (χ2v) is 6.13. The zero-order chi connectivity index (χ0) is 13.1. The van der Waals surface area contributed by atoms with Crippen molar-refractivity contribution in [3.63, 3.8) is 0 Å². The van der Waals surface area contributed by atoms with Crippen LogP contribution in [0.25, 0.3) is 0 Å². The molecule has 4 heteroatoms. The fourth-order valence-electron chi connectivity index (χ4n) is 2.69. The maximum Gasteiger partial charge on any atom is 0.217 e. The molecule has 1 aliphatic heterocycles. The van der Waals surface area contributed by atoms with E-state index in [1.54, 1.807) is 6.92 Å². The summed E-state index contributed by atoms with van der Waals surface area (Å²) >= 11 is 0. The van der Waals surface area contributed by atoms with Gasteiger partial charge in [0, 0.05) is 38.6 Å². The highest BCUT2D eigenvalue weighted by Gasteiger charge is 2.31. The van der Waals surface area contributed by atoms with E-state index in [0.717, 1.165) is 25.9 Å². The van der Waals surface area contributed by atoms with Crippen molar-refractivity contribution in [2.24, 2.45) is 11.1 Å². The summed E-state index contributed by atoms with van der Waals surface area (Å²) in [6, 6.07) is 0.780. The van der Waals surface area contributed by atoms with Gasteiger partial charge in [0.15, 0.2) is 0 Å². The van der Waals surface area contributed by atoms with Gasteiger partial charge in [-0.3, -0.25) is 9.69 Å². The molecule has 1 rings (SSSR count). The summed E-state index contributed by atoms with van der Waals surface area (Å²) in [6.45, 7) is 11.1. The summed E-state index contributed by atoms with van der Waals surface area (Å²) in [5, 5.41) is 3.00. The molecule has 0 aliphatic carbocycles. The lowest BCUT2D eigenvalue weighted by Gasteiger charge is -2.43. The van der Waals surface area contributed by atoms with E-state index in [1.165, 1.54) is 0 Å². The molecule has 1 heterocycles. The van der Waals surface area contributed by atoms with Crippen LogP contribution in [0, 0.1) is 5.41 Å². The molecule has 0 spiro atoms. The molecule has 1 aliphatic rings. The number of carbonyl (C=O) groups excluding carboxylic acids is 1. The quantitative estimate of drug-likeness (QED) is 0.774. The minimum absolute atomic E-state index is 0.0784. The second kappa shape index (κ2) is 5.83. The number of hydrogen-bond donors (Lipinski definition) is 2. The zero-order valence-corrected chi connectivity index (χ0v) is 11.6. The maximum atomic E-state index is 11.0. The van der Waals surface area contributed by atoms with Gasteiger partial charge in [0.25, 0.3) is 0 Å². The molecule has 0 aromatic rings. The molecule has 0 aromatic carbocycles. The van der Waals surface area contributed by atoms with Crippen LogP contribution in [0.15, 0.2) is 0 Å². The van der Waals surface area contributed by atoms with Crippen molar-refractivity contribution in [2.45, 2.75) is 52.6 Å². The van der Waals surface area contributed by atoms with E-state index in [1.807, 2.05) is 0 Å². The normalized spacial score (nSPS) is 21.2. The maximum absolute atomic E-state index is 11.0. The van der Waals surface area contributed by atoms with Crippen molar-refractivity contribution in [2.75, 3.05) is 19.6 Å². The second-order valence-electron chi connectivity index (χ2n) is 6.13. The molecule has 1 amide bonds. The van der Waals surface area contributed by atoms with E-state index < -0.39 is 0 Å². The third kappa shape index (κ3) is 4.28. The van der Waals surface area contributed by atoms with Crippen molar-refractivity contribution in [3.05, 3.63) is 0 Å². The molecule has 0 radical (unpaired) electrons. The Hall–Kier alpha value is -0.610. The summed E-state index contributed by atoms with van der Waals surface area (Å²) in [7, 11) is 0. The first-order valence-electron chi connectivity index (χ1n) is 6.56. The monoisotopic (exact) mass is 241 g/mol. The van der Waals surface area contributed by atoms with Gasteiger partial charge in [-0.2, -0.15) is 0 Å². The lowest BCUT2D eigenvalue weighted by molar-refractivity contribution is -0.120. The SMILES string of the molecule is CC(=O)NC1CCN(C(CN)C(C)(C)C)CC1. The molecule has 3 N–H and O–H groups in total. The van der Waals surface area contributed by atoms with Crippen LogP contribution in [0.2, 0.25) is 0 Å². The van der Waals surface area contributed by atoms with E-state index in [2.05, 4.69) is 31.0 Å². The molecular weight excluding hydrogens is 214 g/mol. The van der Waals surface area contributed by atoms with Crippen molar-refractivity contribution < 1.29 is 4.79 Å². The van der Waals surface area contributed by atoms with Gasteiger partial charge in [-0.1, -0.05) is 20.8 Å². The van der Waals surface area contributed by atoms with Gasteiger partial charge < -0.3 is 11.1 Å². The summed E-state index contributed by atoms with van der Waals surface area (Å²) in [5.41, 5.74) is 6.11. The summed E-state index contributed by atoms with van der Waals surface area (Å²) in [6.07, 6.45) is 2.07. The molecule has 1 fully saturated rings. The molecule has 1 saturated heterocycles. The average Bonchev–Trinajstić information content (AvgIpc) is 2.18. The van der Waals surface area contributed by atoms with Gasteiger partial charge in [0.1, 0.15) is 0 Å². The number of piperidine rings is 1. The van der Waals surface area contributed by atoms with Gasteiger partial charge in [-0.05, 0) is 18.3 Å². The number of nitrogens with one attached hydrogen (secondary N) is 1. The highest BCUT2D eigenvalue weighted by atomic mass is 16.1. The third-order valence-corrected chi connectivity index (χ3v) is 3.60. The molecule has 0 bridgehead atoms. The molecule has 1 unspecified atom stereocenters. The van der Waals surface area contributed by atoms with Crippen molar-refractivity contribution in [3.8, 4) is 0 Å². The molecule has 17 heavy (non-hydrogen) atoms. The molecule has 100 valence electrons. The number of nitrogens with zero attached hydrogens (tertiary/aromatic N) is 1. The molecule has 0 aromatic heterocycles. The Bertz CT molecular complexity index is 252. The molecule has 0 saturated carbocycles. The zero-order valence-electron chi connectivity index (χ0n) is 11.6. The highest BCUT2D eigenvalue weighted by Crippen LogP contribution is 2.26. The van der Waals surface area contributed by atoms with Gasteiger partial charge in [0.05, 0.1) is 0 Å². The van der Waals surface area contributed by atoms with Crippen LogP contribution >= 0.6 is 0 Å². The van der Waals surface area contributed by atoms with Crippen LogP contribution in [0.4, 0.5) is 0 Å². The predicted octanol–water partition coefficient (Wildman–Crippen LogP) is 0.960. The average molecular weight is 241 g/mol. The van der Waals surface area contributed by atoms with Crippen molar-refractivity contribution >= 4 is 5.91 Å². The number of amides is 1. The van der Waals surface area contributed by atoms with Gasteiger partial charge >= 0.3 is 0 Å². The largest absolute Gasteiger partial charge is 0.354 e. The number of carbonyl (C=O) groups is 1. The van der Waals surface area contributed by atoms with Crippen LogP contribution in [0.3, 0.4) is 0 Å². The fourth-order valence-corrected chi connectivity index (χ4v) is 2.69. The van der Waals surface area contributed by atoms with Crippen molar-refractivity contribution in [1.82, 2.24) is 10.2 Å². The Balaban J connectivity index is 2.48. The first kappa shape index (κ1) is 14.5. The van der Waals surface area contributed by atoms with E-state index in [4.69, 9.17) is 5.73 Å². The van der Waals surface area contributed by atoms with Crippen molar-refractivity contribution in [1.29, 1.82) is 0 Å². The molecule has 1 atom stereocenters.